The molecule has 0 aliphatic rings. The van der Waals surface area contributed by atoms with E-state index < -0.39 is 10.0 Å². The van der Waals surface area contributed by atoms with E-state index in [9.17, 15) is 13.2 Å². The summed E-state index contributed by atoms with van der Waals surface area (Å²) in [6.07, 6.45) is 0. The fraction of sp³-hybridized carbons (Fsp3) is 0.381. The van der Waals surface area contributed by atoms with E-state index in [1.165, 1.54) is 0 Å². The Morgan fingerprint density at radius 2 is 1.79 bits per heavy atom. The zero-order chi connectivity index (χ0) is 21.5. The smallest absolute Gasteiger partial charge is 0.308 e. The highest BCUT2D eigenvalue weighted by Gasteiger charge is 2.22. The summed E-state index contributed by atoms with van der Waals surface area (Å²) in [5.41, 5.74) is 2.67. The molecule has 0 spiro atoms. The number of hydrogen-bond donors (Lipinski definition) is 1. The van der Waals surface area contributed by atoms with Crippen LogP contribution in [0.3, 0.4) is 0 Å². The Morgan fingerprint density at radius 3 is 2.38 bits per heavy atom. The minimum atomic E-state index is -3.80. The van der Waals surface area contributed by atoms with Crippen LogP contribution in [0, 0.1) is 6.92 Å². The fourth-order valence-corrected chi connectivity index (χ4v) is 5.76. The van der Waals surface area contributed by atoms with Crippen LogP contribution in [0.2, 0.25) is 0 Å². The summed E-state index contributed by atoms with van der Waals surface area (Å²) in [6, 6.07) is 8.64. The topological polar surface area (TPSA) is 77.4 Å². The monoisotopic (exact) mass is 434 g/mol. The Kier molecular flexibility index (Phi) is 5.78. The maximum absolute atomic E-state index is 13.1. The molecule has 0 amide bonds. The number of anilines is 1. The molecule has 0 saturated heterocycles. The van der Waals surface area contributed by atoms with Gasteiger partial charge in [0, 0.05) is 6.04 Å². The Bertz CT molecular complexity index is 1220. The average molecular weight is 435 g/mol. The van der Waals surface area contributed by atoms with Crippen molar-refractivity contribution in [2.45, 2.75) is 51.5 Å². The van der Waals surface area contributed by atoms with Crippen LogP contribution in [0.4, 0.5) is 5.69 Å². The molecule has 3 aromatic rings. The first-order valence-corrected chi connectivity index (χ1v) is 11.7. The molecule has 0 unspecified atom stereocenters. The van der Waals surface area contributed by atoms with Gasteiger partial charge in [-0.2, -0.15) is 0 Å². The van der Waals surface area contributed by atoms with Crippen LogP contribution < -0.4 is 14.3 Å². The molecule has 1 heterocycles. The number of rotatable bonds is 6. The summed E-state index contributed by atoms with van der Waals surface area (Å²) < 4.78 is 36.7. The molecule has 0 bridgehead atoms. The van der Waals surface area contributed by atoms with Gasteiger partial charge < -0.3 is 4.74 Å². The van der Waals surface area contributed by atoms with Crippen molar-refractivity contribution in [3.8, 4) is 5.75 Å². The zero-order valence-electron chi connectivity index (χ0n) is 17.4. The Morgan fingerprint density at radius 1 is 1.10 bits per heavy atom. The summed E-state index contributed by atoms with van der Waals surface area (Å²) in [5, 5.41) is 0. The summed E-state index contributed by atoms with van der Waals surface area (Å²) in [7, 11) is -2.22. The van der Waals surface area contributed by atoms with Crippen molar-refractivity contribution in [3.05, 3.63) is 51.1 Å². The van der Waals surface area contributed by atoms with Crippen LogP contribution in [0.25, 0.3) is 10.2 Å². The summed E-state index contributed by atoms with van der Waals surface area (Å²) in [5.74, 6) is 0.793. The number of nitrogens with zero attached hydrogens (tertiary/aromatic N) is 1. The summed E-state index contributed by atoms with van der Waals surface area (Å²) in [4.78, 5) is 12.4. The van der Waals surface area contributed by atoms with E-state index in [1.807, 2.05) is 27.7 Å². The molecule has 1 N–H and O–H groups in total. The third-order valence-corrected chi connectivity index (χ3v) is 7.26. The van der Waals surface area contributed by atoms with E-state index in [-0.39, 0.29) is 21.7 Å². The number of nitrogens with one attached hydrogen (secondary N) is 1. The molecule has 0 aliphatic heterocycles. The van der Waals surface area contributed by atoms with Crippen LogP contribution in [-0.2, 0) is 10.0 Å². The van der Waals surface area contributed by atoms with Gasteiger partial charge in [0.1, 0.15) is 5.75 Å². The van der Waals surface area contributed by atoms with Crippen molar-refractivity contribution in [1.82, 2.24) is 4.57 Å². The first kappa shape index (κ1) is 21.4. The van der Waals surface area contributed by atoms with Gasteiger partial charge in [-0.05, 0) is 68.1 Å². The molecule has 156 valence electrons. The van der Waals surface area contributed by atoms with Crippen molar-refractivity contribution >= 4 is 37.3 Å². The molecule has 1 aromatic heterocycles. The number of sulfonamides is 1. The Balaban J connectivity index is 2.04. The first-order valence-electron chi connectivity index (χ1n) is 9.41. The Hall–Kier alpha value is -2.32. The van der Waals surface area contributed by atoms with Gasteiger partial charge in [-0.25, -0.2) is 8.42 Å². The molecule has 2 aromatic carbocycles. The van der Waals surface area contributed by atoms with Crippen LogP contribution in [0.5, 0.6) is 5.75 Å². The number of methoxy groups -OCH3 is 1. The first-order chi connectivity index (χ1) is 13.5. The van der Waals surface area contributed by atoms with Crippen molar-refractivity contribution in [1.29, 1.82) is 0 Å². The summed E-state index contributed by atoms with van der Waals surface area (Å²) in [6.45, 7) is 9.63. The third-order valence-electron chi connectivity index (χ3n) is 4.82. The molecule has 0 fully saturated rings. The van der Waals surface area contributed by atoms with E-state index >= 15 is 0 Å². The van der Waals surface area contributed by atoms with E-state index in [4.69, 9.17) is 4.74 Å². The number of fused-ring (bicyclic) bond motifs is 1. The molecule has 0 radical (unpaired) electrons. The lowest BCUT2D eigenvalue weighted by Crippen LogP contribution is -2.15. The standard InChI is InChI=1S/C21H26N2O4S2/c1-12(2)16-11-20(14(5)9-18(16)27-6)29(25,26)22-15-7-8-17-19(10-15)28-21(24)23(17)13(3)4/h7-13,22H,1-6H3. The molecule has 6 nitrogen and oxygen atoms in total. The van der Waals surface area contributed by atoms with Gasteiger partial charge in [-0.3, -0.25) is 14.1 Å². The lowest BCUT2D eigenvalue weighted by atomic mass is 10.0. The van der Waals surface area contributed by atoms with E-state index in [0.29, 0.717) is 17.0 Å². The van der Waals surface area contributed by atoms with E-state index in [1.54, 1.807) is 48.9 Å². The maximum atomic E-state index is 13.1. The molecule has 0 atom stereocenters. The second kappa shape index (κ2) is 7.84. The normalized spacial score (nSPS) is 12.1. The number of thiazole rings is 1. The lowest BCUT2D eigenvalue weighted by molar-refractivity contribution is 0.406. The predicted molar refractivity (Wildman–Crippen MR) is 119 cm³/mol. The van der Waals surface area contributed by atoms with Gasteiger partial charge in [0.25, 0.3) is 10.0 Å². The summed E-state index contributed by atoms with van der Waals surface area (Å²) >= 11 is 1.11. The van der Waals surface area contributed by atoms with E-state index in [2.05, 4.69) is 4.72 Å². The predicted octanol–water partition coefficient (Wildman–Crippen LogP) is 4.89. The average Bonchev–Trinajstić information content (AvgIpc) is 2.95. The lowest BCUT2D eigenvalue weighted by Gasteiger charge is -2.17. The van der Waals surface area contributed by atoms with Gasteiger partial charge in [0.05, 0.1) is 27.9 Å². The van der Waals surface area contributed by atoms with Crippen LogP contribution in [0.15, 0.2) is 40.0 Å². The quantitative estimate of drug-likeness (QED) is 0.599. The second-order valence-electron chi connectivity index (χ2n) is 7.63. The number of aryl methyl sites for hydroxylation is 1. The molecule has 0 saturated carbocycles. The van der Waals surface area contributed by atoms with E-state index in [0.717, 1.165) is 27.1 Å². The highest BCUT2D eigenvalue weighted by atomic mass is 32.2. The zero-order valence-corrected chi connectivity index (χ0v) is 19.1. The van der Waals surface area contributed by atoms with Gasteiger partial charge >= 0.3 is 4.87 Å². The highest BCUT2D eigenvalue weighted by molar-refractivity contribution is 7.92. The van der Waals surface area contributed by atoms with Crippen molar-refractivity contribution in [2.75, 3.05) is 11.8 Å². The number of benzene rings is 2. The van der Waals surface area contributed by atoms with Crippen LogP contribution >= 0.6 is 11.3 Å². The van der Waals surface area contributed by atoms with Crippen molar-refractivity contribution < 1.29 is 13.2 Å². The second-order valence-corrected chi connectivity index (χ2v) is 10.3. The molecular formula is C21H26N2O4S2. The minimum absolute atomic E-state index is 0.0372. The van der Waals surface area contributed by atoms with Crippen LogP contribution in [0.1, 0.15) is 50.8 Å². The molecule has 29 heavy (non-hydrogen) atoms. The highest BCUT2D eigenvalue weighted by Crippen LogP contribution is 2.33. The SMILES string of the molecule is COc1cc(C)c(S(=O)(=O)Nc2ccc3c(c2)sc(=O)n3C(C)C)cc1C(C)C. The van der Waals surface area contributed by atoms with Gasteiger partial charge in [-0.15, -0.1) is 0 Å². The molecule has 0 aliphatic carbocycles. The number of ether oxygens (including phenoxy) is 1. The molecule has 3 rings (SSSR count). The van der Waals surface area contributed by atoms with Gasteiger partial charge in [-0.1, -0.05) is 25.2 Å². The van der Waals surface area contributed by atoms with Gasteiger partial charge in [0.15, 0.2) is 0 Å². The van der Waals surface area contributed by atoms with Crippen molar-refractivity contribution in [2.24, 2.45) is 0 Å². The van der Waals surface area contributed by atoms with Gasteiger partial charge in [0.2, 0.25) is 0 Å². The molecular weight excluding hydrogens is 408 g/mol. The number of aromatic nitrogens is 1. The number of hydrogen-bond acceptors (Lipinski definition) is 5. The fourth-order valence-electron chi connectivity index (χ4n) is 3.39. The maximum Gasteiger partial charge on any atom is 0.308 e. The van der Waals surface area contributed by atoms with Crippen molar-refractivity contribution in [3.63, 3.8) is 0 Å². The molecule has 8 heteroatoms. The van der Waals surface area contributed by atoms with Crippen LogP contribution in [-0.4, -0.2) is 20.1 Å². The Labute approximate surface area is 175 Å². The minimum Gasteiger partial charge on any atom is -0.496 e. The third kappa shape index (κ3) is 4.04. The largest absolute Gasteiger partial charge is 0.496 e.